The summed E-state index contributed by atoms with van der Waals surface area (Å²) < 4.78 is 45.1. The van der Waals surface area contributed by atoms with E-state index in [4.69, 9.17) is 35.3 Å². The molecule has 3 aromatic rings. The number of ether oxygens (including phenoxy) is 5. The van der Waals surface area contributed by atoms with Crippen LogP contribution in [0.15, 0.2) is 60.7 Å². The molecule has 2 atom stereocenters. The lowest BCUT2D eigenvalue weighted by atomic mass is 9.86. The summed E-state index contributed by atoms with van der Waals surface area (Å²) in [7, 11) is 0. The maximum absolute atomic E-state index is 16.4. The predicted molar refractivity (Wildman–Crippen MR) is 213 cm³/mol. The highest BCUT2D eigenvalue weighted by atomic mass is 35.5. The molecule has 56 heavy (non-hydrogen) atoms. The van der Waals surface area contributed by atoms with Crippen molar-refractivity contribution in [3.05, 3.63) is 88.2 Å². The minimum absolute atomic E-state index is 0.0268. The minimum atomic E-state index is -0.741. The number of nitrogens with zero attached hydrogens (tertiary/aromatic N) is 2. The standard InChI is InChI=1S/C44H55ClFN3O7/c1-43(2,3)55-41(50)48-32-17-19-33(20-18-32)49(42(51)56-44(4,5)6)28-35(29-12-8-7-9-13-29)30-15-21-36(45)34(26-30)39-31(27-47)16-22-37(40(39)46)52-24-25-54-38-14-10-11-23-53-38/h7-9,12-13,15-16,21-22,26,32-33,35,38H,10-11,14,17-20,23-25,28H2,1-6H3,(H,48,50). The first kappa shape index (κ1) is 42.8. The SMILES string of the molecule is CC(C)(C)OC(=O)NC1CCC(N(CC(c2ccccc2)c2ccc(Cl)c(-c3c(C#N)ccc(OCCOC4CCCCO4)c3F)c2)C(=O)OC(C)(C)C)CC1. The van der Waals surface area contributed by atoms with Crippen LogP contribution in [0.5, 0.6) is 5.75 Å². The van der Waals surface area contributed by atoms with Crippen LogP contribution in [0.4, 0.5) is 14.0 Å². The zero-order chi connectivity index (χ0) is 40.5. The van der Waals surface area contributed by atoms with Gasteiger partial charge in [-0.25, -0.2) is 14.0 Å². The molecule has 2 aliphatic rings. The van der Waals surface area contributed by atoms with Gasteiger partial charge in [0.15, 0.2) is 17.9 Å². The summed E-state index contributed by atoms with van der Waals surface area (Å²) in [6, 6.07) is 19.9. The van der Waals surface area contributed by atoms with Gasteiger partial charge in [0.25, 0.3) is 0 Å². The fourth-order valence-corrected chi connectivity index (χ4v) is 7.35. The number of halogens is 2. The summed E-state index contributed by atoms with van der Waals surface area (Å²) in [4.78, 5) is 28.4. The van der Waals surface area contributed by atoms with Gasteiger partial charge in [-0.3, -0.25) is 0 Å². The summed E-state index contributed by atoms with van der Waals surface area (Å²) in [5.41, 5.74) is 0.794. The summed E-state index contributed by atoms with van der Waals surface area (Å²) >= 11 is 6.81. The van der Waals surface area contributed by atoms with Crippen LogP contribution in [0.25, 0.3) is 11.1 Å². The highest BCUT2D eigenvalue weighted by Crippen LogP contribution is 2.40. The average molecular weight is 792 g/mol. The number of amides is 2. The molecule has 3 aromatic carbocycles. The topological polar surface area (TPSA) is 119 Å². The Hall–Kier alpha value is -4.37. The van der Waals surface area contributed by atoms with E-state index in [0.29, 0.717) is 37.9 Å². The Kier molecular flexibility index (Phi) is 14.6. The average Bonchev–Trinajstić information content (AvgIpc) is 3.14. The summed E-state index contributed by atoms with van der Waals surface area (Å²) in [6.45, 7) is 12.2. The van der Waals surface area contributed by atoms with Crippen molar-refractivity contribution in [1.29, 1.82) is 5.26 Å². The summed E-state index contributed by atoms with van der Waals surface area (Å²) in [6.07, 6.45) is 4.21. The molecule has 1 heterocycles. The Morgan fingerprint density at radius 2 is 1.64 bits per heavy atom. The number of nitriles is 1. The normalized spacial score (nSPS) is 19.3. The number of carbonyl (C=O) groups is 2. The molecule has 1 saturated carbocycles. The molecule has 0 radical (unpaired) electrons. The van der Waals surface area contributed by atoms with Crippen LogP contribution in [0.1, 0.15) is 109 Å². The smallest absolute Gasteiger partial charge is 0.410 e. The second kappa shape index (κ2) is 19.2. The molecule has 302 valence electrons. The van der Waals surface area contributed by atoms with Gasteiger partial charge in [0.05, 0.1) is 18.2 Å². The number of carbonyl (C=O) groups excluding carboxylic acids is 2. The van der Waals surface area contributed by atoms with Crippen molar-refractivity contribution in [2.75, 3.05) is 26.4 Å². The third-order valence-electron chi connectivity index (χ3n) is 9.74. The Balaban J connectivity index is 1.43. The Bertz CT molecular complexity index is 1820. The fourth-order valence-electron chi connectivity index (χ4n) is 7.13. The maximum atomic E-state index is 16.4. The van der Waals surface area contributed by atoms with Crippen LogP contribution in [0, 0.1) is 17.1 Å². The zero-order valence-corrected chi connectivity index (χ0v) is 34.1. The molecule has 0 bridgehead atoms. The van der Waals surface area contributed by atoms with Crippen molar-refractivity contribution in [3.8, 4) is 22.9 Å². The molecule has 5 rings (SSSR count). The van der Waals surface area contributed by atoms with Crippen molar-refractivity contribution in [3.63, 3.8) is 0 Å². The molecule has 2 amide bonds. The lowest BCUT2D eigenvalue weighted by Crippen LogP contribution is -2.49. The predicted octanol–water partition coefficient (Wildman–Crippen LogP) is 10.1. The first-order chi connectivity index (χ1) is 26.6. The fraction of sp³-hybridized carbons (Fsp3) is 0.523. The van der Waals surface area contributed by atoms with Crippen LogP contribution in [-0.2, 0) is 18.9 Å². The Labute approximate surface area is 335 Å². The quantitative estimate of drug-likeness (QED) is 0.180. The highest BCUT2D eigenvalue weighted by Gasteiger charge is 2.35. The first-order valence-corrected chi connectivity index (χ1v) is 19.9. The van der Waals surface area contributed by atoms with Gasteiger partial charge in [-0.15, -0.1) is 0 Å². The number of alkyl carbamates (subject to hydrolysis) is 1. The van der Waals surface area contributed by atoms with E-state index in [-0.39, 0.29) is 65.9 Å². The van der Waals surface area contributed by atoms with Gasteiger partial charge in [0.1, 0.15) is 17.8 Å². The van der Waals surface area contributed by atoms with Crippen molar-refractivity contribution in [2.45, 2.75) is 122 Å². The van der Waals surface area contributed by atoms with Crippen LogP contribution in [-0.4, -0.2) is 73.0 Å². The van der Waals surface area contributed by atoms with Gasteiger partial charge >= 0.3 is 12.2 Å². The monoisotopic (exact) mass is 791 g/mol. The van der Waals surface area contributed by atoms with Crippen molar-refractivity contribution in [1.82, 2.24) is 10.2 Å². The molecule has 12 heteroatoms. The van der Waals surface area contributed by atoms with E-state index in [1.54, 1.807) is 17.0 Å². The number of nitrogens with one attached hydrogen (secondary N) is 1. The van der Waals surface area contributed by atoms with Gasteiger partial charge in [0.2, 0.25) is 0 Å². The maximum Gasteiger partial charge on any atom is 0.410 e. The van der Waals surface area contributed by atoms with E-state index in [0.717, 1.165) is 30.4 Å². The first-order valence-electron chi connectivity index (χ1n) is 19.5. The number of benzene rings is 3. The van der Waals surface area contributed by atoms with E-state index >= 15 is 4.39 Å². The molecule has 1 aliphatic carbocycles. The Morgan fingerprint density at radius 1 is 0.929 bits per heavy atom. The molecule has 10 nitrogen and oxygen atoms in total. The number of hydrogen-bond acceptors (Lipinski definition) is 8. The molecule has 1 aliphatic heterocycles. The van der Waals surface area contributed by atoms with Gasteiger partial charge in [0, 0.05) is 47.3 Å². The van der Waals surface area contributed by atoms with Gasteiger partial charge < -0.3 is 33.9 Å². The number of rotatable bonds is 12. The van der Waals surface area contributed by atoms with Crippen molar-refractivity contribution in [2.24, 2.45) is 0 Å². The highest BCUT2D eigenvalue weighted by molar-refractivity contribution is 6.33. The molecule has 0 aromatic heterocycles. The number of hydrogen-bond donors (Lipinski definition) is 1. The van der Waals surface area contributed by atoms with Gasteiger partial charge in [-0.1, -0.05) is 48.0 Å². The lowest BCUT2D eigenvalue weighted by molar-refractivity contribution is -0.165. The van der Waals surface area contributed by atoms with Gasteiger partial charge in [-0.2, -0.15) is 5.26 Å². The molecule has 1 N–H and O–H groups in total. The van der Waals surface area contributed by atoms with E-state index in [1.165, 1.54) is 12.1 Å². The minimum Gasteiger partial charge on any atom is -0.488 e. The second-order valence-electron chi connectivity index (χ2n) is 16.4. The van der Waals surface area contributed by atoms with Crippen LogP contribution in [0.3, 0.4) is 0 Å². The largest absolute Gasteiger partial charge is 0.488 e. The summed E-state index contributed by atoms with van der Waals surface area (Å²) in [5, 5.41) is 13.4. The summed E-state index contributed by atoms with van der Waals surface area (Å²) in [5.74, 6) is -1.12. The molecule has 0 spiro atoms. The van der Waals surface area contributed by atoms with Crippen LogP contribution in [0.2, 0.25) is 5.02 Å². The molecule has 2 unspecified atom stereocenters. The Morgan fingerprint density at radius 3 is 2.29 bits per heavy atom. The van der Waals surface area contributed by atoms with E-state index in [1.807, 2.05) is 77.9 Å². The molecule has 2 fully saturated rings. The molecule has 1 saturated heterocycles. The lowest BCUT2D eigenvalue weighted by Gasteiger charge is -2.39. The molecular formula is C44H55ClFN3O7. The second-order valence-corrected chi connectivity index (χ2v) is 16.8. The van der Waals surface area contributed by atoms with Crippen molar-refractivity contribution >= 4 is 23.8 Å². The van der Waals surface area contributed by atoms with E-state index in [9.17, 15) is 14.9 Å². The van der Waals surface area contributed by atoms with Gasteiger partial charge in [-0.05, 0) is 122 Å². The van der Waals surface area contributed by atoms with E-state index in [2.05, 4.69) is 11.4 Å². The van der Waals surface area contributed by atoms with Crippen molar-refractivity contribution < 1.29 is 37.7 Å². The third kappa shape index (κ3) is 12.1. The van der Waals surface area contributed by atoms with Crippen LogP contribution >= 0.6 is 11.6 Å². The van der Waals surface area contributed by atoms with Crippen LogP contribution < -0.4 is 10.1 Å². The van der Waals surface area contributed by atoms with E-state index < -0.39 is 29.2 Å². The molecular weight excluding hydrogens is 737 g/mol. The third-order valence-corrected chi connectivity index (χ3v) is 10.1. The zero-order valence-electron chi connectivity index (χ0n) is 33.4.